The smallest absolute Gasteiger partial charge is 0.301 e. The maximum absolute atomic E-state index is 12.1. The maximum atomic E-state index is 12.1. The Labute approximate surface area is 180 Å². The highest BCUT2D eigenvalue weighted by atomic mass is 35.5. The van der Waals surface area contributed by atoms with Crippen molar-refractivity contribution in [2.45, 2.75) is 26.7 Å². The van der Waals surface area contributed by atoms with Crippen LogP contribution in [-0.4, -0.2) is 35.3 Å². The fourth-order valence-electron chi connectivity index (χ4n) is 3.10. The quantitative estimate of drug-likeness (QED) is 0.418. The van der Waals surface area contributed by atoms with Crippen molar-refractivity contribution in [1.82, 2.24) is 19.1 Å². The maximum Gasteiger partial charge on any atom is 0.362 e. The molecule has 10 heteroatoms. The van der Waals surface area contributed by atoms with E-state index in [9.17, 15) is 13.2 Å². The number of nitrogens with zero attached hydrogens (tertiary/aromatic N) is 3. The average molecular weight is 451 g/mol. The van der Waals surface area contributed by atoms with Gasteiger partial charge in [-0.25, -0.2) is 4.72 Å². The summed E-state index contributed by atoms with van der Waals surface area (Å²) >= 11 is 6.08. The molecule has 1 aromatic carbocycles. The number of hydrogen-bond donors (Lipinski definition) is 1. The predicted octanol–water partition coefficient (Wildman–Crippen LogP) is 3.52. The van der Waals surface area contributed by atoms with Gasteiger partial charge >= 0.3 is 10.3 Å². The van der Waals surface area contributed by atoms with E-state index in [1.165, 1.54) is 6.08 Å². The third-order valence-electron chi connectivity index (χ3n) is 4.48. The zero-order valence-electron chi connectivity index (χ0n) is 16.9. The molecule has 1 N–H and O–H groups in total. The Hall–Kier alpha value is -2.62. The molecule has 30 heavy (non-hydrogen) atoms. The molecule has 0 aliphatic rings. The minimum atomic E-state index is -4.14. The van der Waals surface area contributed by atoms with Crippen molar-refractivity contribution in [2.24, 2.45) is 7.05 Å². The Morgan fingerprint density at radius 2 is 2.10 bits per heavy atom. The molecule has 0 bridgehead atoms. The number of nitrogens with one attached hydrogen (secondary N) is 1. The molecule has 0 radical (unpaired) electrons. The van der Waals surface area contributed by atoms with Gasteiger partial charge in [-0.1, -0.05) is 24.9 Å². The summed E-state index contributed by atoms with van der Waals surface area (Å²) in [5.41, 5.74) is 2.30. The highest BCUT2D eigenvalue weighted by Gasteiger charge is 2.17. The zero-order valence-corrected chi connectivity index (χ0v) is 18.5. The lowest BCUT2D eigenvalue weighted by Crippen LogP contribution is -2.30. The number of aromatic nitrogens is 3. The summed E-state index contributed by atoms with van der Waals surface area (Å²) in [4.78, 5) is 12.1. The van der Waals surface area contributed by atoms with Crippen LogP contribution in [0.1, 0.15) is 31.0 Å². The van der Waals surface area contributed by atoms with Gasteiger partial charge in [0.2, 0.25) is 0 Å². The lowest BCUT2D eigenvalue weighted by atomic mass is 10.2. The summed E-state index contributed by atoms with van der Waals surface area (Å²) in [5.74, 6) is -0.0687. The van der Waals surface area contributed by atoms with Crippen LogP contribution in [0.2, 0.25) is 5.02 Å². The molecule has 0 saturated heterocycles. The van der Waals surface area contributed by atoms with Crippen LogP contribution in [-0.2, 0) is 26.3 Å². The zero-order chi connectivity index (χ0) is 21.9. The normalized spacial score (nSPS) is 12.1. The van der Waals surface area contributed by atoms with Gasteiger partial charge in [0.05, 0.1) is 17.8 Å². The highest BCUT2D eigenvalue weighted by Crippen LogP contribution is 2.27. The number of rotatable bonds is 8. The van der Waals surface area contributed by atoms with Gasteiger partial charge in [-0.2, -0.15) is 13.5 Å². The third kappa shape index (κ3) is 4.92. The SMILES string of the molecule is CCCCOS(=O)(=O)NC(=O)/C=C/c1c(C)nn(C)c1-n1ccc2cc(Cl)ccc21. The molecule has 3 aromatic rings. The number of fused-ring (bicyclic) bond motifs is 1. The van der Waals surface area contributed by atoms with Crippen molar-refractivity contribution in [3.05, 3.63) is 52.8 Å². The fourth-order valence-corrected chi connectivity index (χ4v) is 3.99. The average Bonchev–Trinajstić information content (AvgIpc) is 3.18. The summed E-state index contributed by atoms with van der Waals surface area (Å²) in [7, 11) is -2.34. The van der Waals surface area contributed by atoms with E-state index in [4.69, 9.17) is 15.8 Å². The van der Waals surface area contributed by atoms with Crippen LogP contribution < -0.4 is 4.72 Å². The topological polar surface area (TPSA) is 95.2 Å². The van der Waals surface area contributed by atoms with E-state index < -0.39 is 16.2 Å². The molecular formula is C20H23ClN4O4S. The second-order valence-electron chi connectivity index (χ2n) is 6.76. The molecular weight excluding hydrogens is 428 g/mol. The van der Waals surface area contributed by atoms with E-state index in [0.717, 1.165) is 29.2 Å². The number of halogens is 1. The first-order valence-electron chi connectivity index (χ1n) is 9.41. The van der Waals surface area contributed by atoms with Crippen molar-refractivity contribution in [2.75, 3.05) is 6.61 Å². The summed E-state index contributed by atoms with van der Waals surface area (Å²) < 4.78 is 33.9. The second-order valence-corrected chi connectivity index (χ2v) is 8.55. The number of benzene rings is 1. The van der Waals surface area contributed by atoms with Gasteiger partial charge in [-0.3, -0.25) is 13.7 Å². The fraction of sp³-hybridized carbons (Fsp3) is 0.300. The van der Waals surface area contributed by atoms with E-state index in [2.05, 4.69) is 5.10 Å². The van der Waals surface area contributed by atoms with Crippen molar-refractivity contribution in [1.29, 1.82) is 0 Å². The Morgan fingerprint density at radius 1 is 1.33 bits per heavy atom. The molecule has 2 aromatic heterocycles. The van der Waals surface area contributed by atoms with Crippen LogP contribution in [0.3, 0.4) is 0 Å². The predicted molar refractivity (Wildman–Crippen MR) is 117 cm³/mol. The van der Waals surface area contributed by atoms with E-state index in [1.807, 2.05) is 47.5 Å². The van der Waals surface area contributed by atoms with E-state index in [0.29, 0.717) is 22.7 Å². The molecule has 0 spiro atoms. The largest absolute Gasteiger partial charge is 0.362 e. The summed E-state index contributed by atoms with van der Waals surface area (Å²) in [6.07, 6.45) is 5.94. The van der Waals surface area contributed by atoms with Gasteiger partial charge in [-0.05, 0) is 43.7 Å². The van der Waals surface area contributed by atoms with Crippen molar-refractivity contribution >= 4 is 44.8 Å². The van der Waals surface area contributed by atoms with Crippen molar-refractivity contribution in [3.63, 3.8) is 0 Å². The van der Waals surface area contributed by atoms with Crippen LogP contribution in [0, 0.1) is 6.92 Å². The Balaban J connectivity index is 1.88. The highest BCUT2D eigenvalue weighted by molar-refractivity contribution is 7.85. The molecule has 160 valence electrons. The minimum absolute atomic E-state index is 0.0272. The number of carbonyl (C=O) groups excluding carboxylic acids is 1. The van der Waals surface area contributed by atoms with Crippen LogP contribution >= 0.6 is 11.6 Å². The minimum Gasteiger partial charge on any atom is -0.301 e. The number of carbonyl (C=O) groups is 1. The number of amides is 1. The third-order valence-corrected chi connectivity index (χ3v) is 5.64. The van der Waals surface area contributed by atoms with Crippen LogP contribution in [0.5, 0.6) is 0 Å². The van der Waals surface area contributed by atoms with Gasteiger partial charge in [0.15, 0.2) is 0 Å². The first kappa shape index (κ1) is 22.1. The molecule has 8 nitrogen and oxygen atoms in total. The number of unbranched alkanes of at least 4 members (excludes halogenated alkanes) is 1. The van der Waals surface area contributed by atoms with Crippen molar-refractivity contribution < 1.29 is 17.4 Å². The molecule has 0 fully saturated rings. The van der Waals surface area contributed by atoms with Crippen molar-refractivity contribution in [3.8, 4) is 5.82 Å². The van der Waals surface area contributed by atoms with Gasteiger partial charge < -0.3 is 4.57 Å². The van der Waals surface area contributed by atoms with E-state index in [1.54, 1.807) is 17.8 Å². The molecule has 2 heterocycles. The molecule has 0 aliphatic heterocycles. The van der Waals surface area contributed by atoms with E-state index in [-0.39, 0.29) is 6.61 Å². The van der Waals surface area contributed by atoms with Gasteiger partial charge in [-0.15, -0.1) is 0 Å². The van der Waals surface area contributed by atoms with Crippen LogP contribution in [0.15, 0.2) is 36.5 Å². The standard InChI is InChI=1S/C20H23ClN4O4S/c1-4-5-12-29-30(27,28)23-19(26)9-7-17-14(2)22-24(3)20(17)25-11-10-15-13-16(21)6-8-18(15)25/h6-11,13H,4-5,12H2,1-3H3,(H,23,26)/b9-7+. The summed E-state index contributed by atoms with van der Waals surface area (Å²) in [6.45, 7) is 3.75. The first-order chi connectivity index (χ1) is 14.2. The number of hydrogen-bond acceptors (Lipinski definition) is 5. The first-order valence-corrected chi connectivity index (χ1v) is 11.2. The number of aryl methyl sites for hydroxylation is 2. The molecule has 3 rings (SSSR count). The summed E-state index contributed by atoms with van der Waals surface area (Å²) in [5, 5.41) is 6.04. The molecule has 0 saturated carbocycles. The lowest BCUT2D eigenvalue weighted by molar-refractivity contribution is -0.114. The van der Waals surface area contributed by atoms with Gasteiger partial charge in [0, 0.05) is 35.3 Å². The van der Waals surface area contributed by atoms with Crippen LogP contribution in [0.4, 0.5) is 0 Å². The summed E-state index contributed by atoms with van der Waals surface area (Å²) in [6, 6.07) is 7.50. The molecule has 1 amide bonds. The lowest BCUT2D eigenvalue weighted by Gasteiger charge is -2.08. The van der Waals surface area contributed by atoms with Crippen LogP contribution in [0.25, 0.3) is 22.8 Å². The second kappa shape index (κ2) is 9.03. The molecule has 0 unspecified atom stereocenters. The Morgan fingerprint density at radius 3 is 2.83 bits per heavy atom. The monoisotopic (exact) mass is 450 g/mol. The Kier molecular flexibility index (Phi) is 6.64. The molecule has 0 aliphatic carbocycles. The van der Waals surface area contributed by atoms with Gasteiger partial charge in [0.1, 0.15) is 5.82 Å². The van der Waals surface area contributed by atoms with Gasteiger partial charge in [0.25, 0.3) is 5.91 Å². The Bertz CT molecular complexity index is 1210. The molecule has 0 atom stereocenters. The van der Waals surface area contributed by atoms with E-state index >= 15 is 0 Å².